The van der Waals surface area contributed by atoms with E-state index in [0.717, 1.165) is 22.3 Å². The molecule has 1 amide bonds. The van der Waals surface area contributed by atoms with Gasteiger partial charge >= 0.3 is 0 Å². The molecule has 4 rings (SSSR count). The predicted octanol–water partition coefficient (Wildman–Crippen LogP) is 3.88. The summed E-state index contributed by atoms with van der Waals surface area (Å²) < 4.78 is 0. The lowest BCUT2D eigenvalue weighted by atomic mass is 10.0. The van der Waals surface area contributed by atoms with Gasteiger partial charge in [0.1, 0.15) is 0 Å². The molecule has 3 heterocycles. The molecule has 0 fully saturated rings. The van der Waals surface area contributed by atoms with Crippen molar-refractivity contribution >= 4 is 16.8 Å². The first kappa shape index (κ1) is 17.9. The van der Waals surface area contributed by atoms with Crippen molar-refractivity contribution in [3.8, 4) is 11.4 Å². The largest absolute Gasteiger partial charge is 0.358 e. The lowest BCUT2D eigenvalue weighted by Crippen LogP contribution is -2.23. The summed E-state index contributed by atoms with van der Waals surface area (Å²) >= 11 is 0. The number of carbonyl (C=O) groups excluding carboxylic acids is 1. The van der Waals surface area contributed by atoms with Crippen LogP contribution in [0.25, 0.3) is 22.3 Å². The van der Waals surface area contributed by atoms with E-state index in [9.17, 15) is 4.79 Å². The maximum atomic E-state index is 12.5. The lowest BCUT2D eigenvalue weighted by Gasteiger charge is -2.08. The van der Waals surface area contributed by atoms with E-state index in [1.165, 1.54) is 16.5 Å². The molecule has 0 unspecified atom stereocenters. The number of carbonyl (C=O) groups is 1. The number of hydrogen-bond donors (Lipinski definition) is 2. The minimum Gasteiger partial charge on any atom is -0.358 e. The van der Waals surface area contributed by atoms with Crippen molar-refractivity contribution in [1.29, 1.82) is 0 Å². The van der Waals surface area contributed by atoms with Gasteiger partial charge in [-0.3, -0.25) is 9.78 Å². The molecular weight excluding hydrogens is 350 g/mol. The molecule has 0 saturated heterocycles. The standard InChI is InChI=1S/C22H21N5O/c1-13-8-17(20-19(9-13)14(2)15(3)27-20)10-26-22(28)18-11-24-21(25-12-18)16-4-6-23-7-5-16/h4-9,11-12,27H,10H2,1-3H3,(H,26,28). The minimum atomic E-state index is -0.198. The summed E-state index contributed by atoms with van der Waals surface area (Å²) in [5, 5.41) is 4.17. The molecule has 0 aliphatic heterocycles. The second kappa shape index (κ2) is 7.23. The molecular formula is C22H21N5O. The van der Waals surface area contributed by atoms with E-state index in [4.69, 9.17) is 0 Å². The van der Waals surface area contributed by atoms with Crippen molar-refractivity contribution in [3.63, 3.8) is 0 Å². The second-order valence-corrected chi connectivity index (χ2v) is 6.94. The number of nitrogens with zero attached hydrogens (tertiary/aromatic N) is 3. The van der Waals surface area contributed by atoms with Crippen LogP contribution in [-0.4, -0.2) is 25.8 Å². The van der Waals surface area contributed by atoms with Gasteiger partial charge < -0.3 is 10.3 Å². The van der Waals surface area contributed by atoms with Gasteiger partial charge in [-0.25, -0.2) is 9.97 Å². The Bertz CT molecular complexity index is 1150. The maximum absolute atomic E-state index is 12.5. The normalized spacial score (nSPS) is 11.0. The Labute approximate surface area is 163 Å². The van der Waals surface area contributed by atoms with Crippen LogP contribution in [0.2, 0.25) is 0 Å². The second-order valence-electron chi connectivity index (χ2n) is 6.94. The van der Waals surface area contributed by atoms with Gasteiger partial charge in [0.05, 0.1) is 11.1 Å². The van der Waals surface area contributed by atoms with E-state index in [0.29, 0.717) is 17.9 Å². The van der Waals surface area contributed by atoms with Crippen LogP contribution in [0.5, 0.6) is 0 Å². The first-order chi connectivity index (χ1) is 13.5. The molecule has 6 heteroatoms. The fraction of sp³-hybridized carbons (Fsp3) is 0.182. The van der Waals surface area contributed by atoms with Crippen LogP contribution in [0.1, 0.15) is 32.7 Å². The van der Waals surface area contributed by atoms with Gasteiger partial charge in [-0.1, -0.05) is 11.6 Å². The van der Waals surface area contributed by atoms with Gasteiger partial charge in [0.25, 0.3) is 5.91 Å². The van der Waals surface area contributed by atoms with Crippen molar-refractivity contribution in [1.82, 2.24) is 25.3 Å². The van der Waals surface area contributed by atoms with Crippen LogP contribution < -0.4 is 5.32 Å². The number of nitrogens with one attached hydrogen (secondary N) is 2. The van der Waals surface area contributed by atoms with Crippen molar-refractivity contribution in [2.75, 3.05) is 0 Å². The number of aromatic amines is 1. The molecule has 0 radical (unpaired) electrons. The number of rotatable bonds is 4. The number of aryl methyl sites for hydroxylation is 3. The first-order valence-corrected chi connectivity index (χ1v) is 9.12. The highest BCUT2D eigenvalue weighted by Crippen LogP contribution is 2.26. The SMILES string of the molecule is Cc1cc(CNC(=O)c2cnc(-c3ccncc3)nc2)c2[nH]c(C)c(C)c2c1. The molecule has 0 spiro atoms. The van der Waals surface area contributed by atoms with E-state index < -0.39 is 0 Å². The summed E-state index contributed by atoms with van der Waals surface area (Å²) in [4.78, 5) is 28.6. The van der Waals surface area contributed by atoms with Gasteiger partial charge in [0.2, 0.25) is 0 Å². The highest BCUT2D eigenvalue weighted by molar-refractivity contribution is 5.94. The van der Waals surface area contributed by atoms with Crippen LogP contribution >= 0.6 is 0 Å². The summed E-state index contributed by atoms with van der Waals surface area (Å²) in [5.41, 5.74) is 6.99. The zero-order chi connectivity index (χ0) is 19.7. The van der Waals surface area contributed by atoms with E-state index in [2.05, 4.69) is 58.2 Å². The number of fused-ring (bicyclic) bond motifs is 1. The summed E-state index contributed by atoms with van der Waals surface area (Å²) in [6, 6.07) is 7.93. The Kier molecular flexibility index (Phi) is 4.61. The minimum absolute atomic E-state index is 0.198. The molecule has 140 valence electrons. The smallest absolute Gasteiger partial charge is 0.254 e. The summed E-state index contributed by atoms with van der Waals surface area (Å²) in [6.07, 6.45) is 6.47. The third-order valence-electron chi connectivity index (χ3n) is 4.94. The number of aromatic nitrogens is 4. The van der Waals surface area contributed by atoms with Crippen LogP contribution in [-0.2, 0) is 6.54 Å². The average Bonchev–Trinajstić information content (AvgIpc) is 3.01. The highest BCUT2D eigenvalue weighted by atomic mass is 16.1. The van der Waals surface area contributed by atoms with Crippen LogP contribution in [0.15, 0.2) is 49.1 Å². The average molecular weight is 371 g/mol. The molecule has 0 bridgehead atoms. The Morgan fingerprint density at radius 3 is 2.50 bits per heavy atom. The highest BCUT2D eigenvalue weighted by Gasteiger charge is 2.12. The molecule has 4 aromatic rings. The van der Waals surface area contributed by atoms with Crippen LogP contribution in [0, 0.1) is 20.8 Å². The van der Waals surface area contributed by atoms with Crippen LogP contribution in [0.3, 0.4) is 0 Å². The molecule has 28 heavy (non-hydrogen) atoms. The zero-order valence-electron chi connectivity index (χ0n) is 16.1. The molecule has 0 saturated carbocycles. The predicted molar refractivity (Wildman–Crippen MR) is 109 cm³/mol. The quantitative estimate of drug-likeness (QED) is 0.570. The number of amides is 1. The van der Waals surface area contributed by atoms with Gasteiger partial charge in [-0.15, -0.1) is 0 Å². The van der Waals surface area contributed by atoms with E-state index in [1.54, 1.807) is 24.8 Å². The van der Waals surface area contributed by atoms with E-state index >= 15 is 0 Å². The molecule has 0 atom stereocenters. The number of pyridine rings is 1. The number of hydrogen-bond acceptors (Lipinski definition) is 4. The molecule has 1 aromatic carbocycles. The molecule has 3 aromatic heterocycles. The van der Waals surface area contributed by atoms with Crippen molar-refractivity contribution < 1.29 is 4.79 Å². The van der Waals surface area contributed by atoms with Gasteiger partial charge in [0.15, 0.2) is 5.82 Å². The summed E-state index contributed by atoms with van der Waals surface area (Å²) in [7, 11) is 0. The number of benzene rings is 1. The van der Waals surface area contributed by atoms with Gasteiger partial charge in [0, 0.05) is 48.0 Å². The monoisotopic (exact) mass is 371 g/mol. The maximum Gasteiger partial charge on any atom is 0.254 e. The Morgan fingerprint density at radius 1 is 1.07 bits per heavy atom. The Balaban J connectivity index is 1.52. The van der Waals surface area contributed by atoms with Crippen molar-refractivity contribution in [3.05, 3.63) is 77.0 Å². The topological polar surface area (TPSA) is 83.6 Å². The van der Waals surface area contributed by atoms with Gasteiger partial charge in [-0.2, -0.15) is 0 Å². The van der Waals surface area contributed by atoms with Gasteiger partial charge in [-0.05, 0) is 50.1 Å². The zero-order valence-corrected chi connectivity index (χ0v) is 16.1. The van der Waals surface area contributed by atoms with Crippen LogP contribution in [0.4, 0.5) is 0 Å². The van der Waals surface area contributed by atoms with Crippen molar-refractivity contribution in [2.45, 2.75) is 27.3 Å². The summed E-state index contributed by atoms with van der Waals surface area (Å²) in [5.74, 6) is 0.368. The number of H-pyrrole nitrogens is 1. The fourth-order valence-corrected chi connectivity index (χ4v) is 3.30. The Morgan fingerprint density at radius 2 is 1.79 bits per heavy atom. The Hall–Kier alpha value is -3.54. The van der Waals surface area contributed by atoms with Crippen molar-refractivity contribution in [2.24, 2.45) is 0 Å². The first-order valence-electron chi connectivity index (χ1n) is 9.12. The third-order valence-corrected chi connectivity index (χ3v) is 4.94. The van der Waals surface area contributed by atoms with E-state index in [1.807, 2.05) is 12.1 Å². The lowest BCUT2D eigenvalue weighted by molar-refractivity contribution is 0.0950. The molecule has 0 aliphatic rings. The summed E-state index contributed by atoms with van der Waals surface area (Å²) in [6.45, 7) is 6.67. The third kappa shape index (κ3) is 3.36. The fourth-order valence-electron chi connectivity index (χ4n) is 3.30. The molecule has 0 aliphatic carbocycles. The van der Waals surface area contributed by atoms with E-state index in [-0.39, 0.29) is 5.91 Å². The molecule has 6 nitrogen and oxygen atoms in total. The molecule has 2 N–H and O–H groups in total.